The van der Waals surface area contributed by atoms with E-state index in [0.29, 0.717) is 31.4 Å². The van der Waals surface area contributed by atoms with Gasteiger partial charge in [0.2, 0.25) is 5.91 Å². The molecule has 0 atom stereocenters. The van der Waals surface area contributed by atoms with Crippen molar-refractivity contribution in [1.29, 1.82) is 0 Å². The highest BCUT2D eigenvalue weighted by Crippen LogP contribution is 2.13. The van der Waals surface area contributed by atoms with Crippen LogP contribution in [0.15, 0.2) is 77.8 Å². The highest BCUT2D eigenvalue weighted by molar-refractivity contribution is 7.90. The molecule has 0 aliphatic rings. The average Bonchev–Trinajstić information content (AvgIpc) is 2.91. The van der Waals surface area contributed by atoms with Crippen LogP contribution in [-0.2, 0) is 27.7 Å². The van der Waals surface area contributed by atoms with Gasteiger partial charge in [-0.3, -0.25) is 19.4 Å². The molecule has 0 unspecified atom stereocenters. The SMILES string of the molecule is O=C(CCc1ccccc1)NCCc1cccc(S(=O)(=O)NC(=O)c2ccc(C(=O)NCCO)nc2)c1. The minimum Gasteiger partial charge on any atom is -0.395 e. The van der Waals surface area contributed by atoms with Crippen LogP contribution >= 0.6 is 0 Å². The molecule has 3 aromatic rings. The molecule has 0 saturated heterocycles. The van der Waals surface area contributed by atoms with Crippen molar-refractivity contribution in [3.8, 4) is 0 Å². The normalized spacial score (nSPS) is 10.9. The van der Waals surface area contributed by atoms with Gasteiger partial charge in [0, 0.05) is 25.7 Å². The summed E-state index contributed by atoms with van der Waals surface area (Å²) < 4.78 is 27.5. The number of amides is 3. The Bertz CT molecular complexity index is 1330. The van der Waals surface area contributed by atoms with Crippen LogP contribution in [0, 0.1) is 0 Å². The first-order valence-corrected chi connectivity index (χ1v) is 13.1. The molecule has 194 valence electrons. The summed E-state index contributed by atoms with van der Waals surface area (Å²) in [5, 5.41) is 14.0. The van der Waals surface area contributed by atoms with Gasteiger partial charge in [-0.15, -0.1) is 0 Å². The van der Waals surface area contributed by atoms with Crippen LogP contribution in [-0.4, -0.2) is 55.9 Å². The lowest BCUT2D eigenvalue weighted by atomic mass is 10.1. The van der Waals surface area contributed by atoms with Gasteiger partial charge < -0.3 is 15.7 Å². The summed E-state index contributed by atoms with van der Waals surface area (Å²) in [4.78, 5) is 40.2. The van der Waals surface area contributed by atoms with E-state index in [0.717, 1.165) is 11.8 Å². The number of pyridine rings is 1. The second kappa shape index (κ2) is 13.3. The predicted molar refractivity (Wildman–Crippen MR) is 136 cm³/mol. The van der Waals surface area contributed by atoms with E-state index in [4.69, 9.17) is 5.11 Å². The second-order valence-corrected chi connectivity index (χ2v) is 9.76. The number of aromatic nitrogens is 1. The third-order valence-corrected chi connectivity index (χ3v) is 6.64. The standard InChI is InChI=1S/C26H28N4O6S/c31-16-15-28-26(34)23-11-10-21(18-29-23)25(33)30-37(35,36)22-8-4-7-20(17-22)13-14-27-24(32)12-9-19-5-2-1-3-6-19/h1-8,10-11,17-18,31H,9,12-16H2,(H,27,32)(H,28,34)(H,30,33). The zero-order valence-corrected chi connectivity index (χ0v) is 20.8. The number of hydrogen-bond donors (Lipinski definition) is 4. The lowest BCUT2D eigenvalue weighted by Gasteiger charge is -2.10. The van der Waals surface area contributed by atoms with E-state index >= 15 is 0 Å². The Labute approximate surface area is 215 Å². The molecular formula is C26H28N4O6S. The Kier molecular flexibility index (Phi) is 9.87. The van der Waals surface area contributed by atoms with E-state index in [1.165, 1.54) is 24.3 Å². The van der Waals surface area contributed by atoms with Crippen LogP contribution in [0.3, 0.4) is 0 Å². The van der Waals surface area contributed by atoms with Crippen molar-refractivity contribution in [2.24, 2.45) is 0 Å². The number of aryl methyl sites for hydroxylation is 1. The molecule has 0 fully saturated rings. The van der Waals surface area contributed by atoms with Crippen molar-refractivity contribution < 1.29 is 27.9 Å². The van der Waals surface area contributed by atoms with Crippen molar-refractivity contribution >= 4 is 27.7 Å². The number of carbonyl (C=O) groups excluding carboxylic acids is 3. The number of rotatable bonds is 12. The van der Waals surface area contributed by atoms with E-state index in [2.05, 4.69) is 15.6 Å². The van der Waals surface area contributed by atoms with E-state index < -0.39 is 21.8 Å². The van der Waals surface area contributed by atoms with Crippen LogP contribution in [0.5, 0.6) is 0 Å². The van der Waals surface area contributed by atoms with Gasteiger partial charge in [0.15, 0.2) is 0 Å². The summed E-state index contributed by atoms with van der Waals surface area (Å²) in [5.74, 6) is -1.52. The van der Waals surface area contributed by atoms with Gasteiger partial charge in [-0.05, 0) is 48.2 Å². The summed E-state index contributed by atoms with van der Waals surface area (Å²) in [6.45, 7) is 0.169. The molecule has 0 spiro atoms. The largest absolute Gasteiger partial charge is 0.395 e. The number of aliphatic hydroxyl groups excluding tert-OH is 1. The first-order valence-electron chi connectivity index (χ1n) is 11.6. The van der Waals surface area contributed by atoms with Crippen LogP contribution < -0.4 is 15.4 Å². The monoisotopic (exact) mass is 524 g/mol. The summed E-state index contributed by atoms with van der Waals surface area (Å²) in [5.41, 5.74) is 1.73. The first-order chi connectivity index (χ1) is 17.8. The minimum absolute atomic E-state index is 0.0210. The maximum Gasteiger partial charge on any atom is 0.269 e. The molecule has 4 N–H and O–H groups in total. The van der Waals surface area contributed by atoms with Crippen LogP contribution in [0.2, 0.25) is 0 Å². The number of aliphatic hydroxyl groups is 1. The lowest BCUT2D eigenvalue weighted by molar-refractivity contribution is -0.121. The van der Waals surface area contributed by atoms with Crippen molar-refractivity contribution in [3.05, 3.63) is 95.3 Å². The second-order valence-electron chi connectivity index (χ2n) is 8.08. The lowest BCUT2D eigenvalue weighted by Crippen LogP contribution is -2.31. The molecular weight excluding hydrogens is 496 g/mol. The van der Waals surface area contributed by atoms with Crippen molar-refractivity contribution in [3.63, 3.8) is 0 Å². The number of hydrogen-bond acceptors (Lipinski definition) is 7. The molecule has 1 heterocycles. The smallest absolute Gasteiger partial charge is 0.269 e. The molecule has 0 saturated carbocycles. The molecule has 37 heavy (non-hydrogen) atoms. The highest BCUT2D eigenvalue weighted by Gasteiger charge is 2.20. The molecule has 1 aromatic heterocycles. The summed E-state index contributed by atoms with van der Waals surface area (Å²) in [6, 6.07) is 18.4. The predicted octanol–water partition coefficient (Wildman–Crippen LogP) is 1.21. The van der Waals surface area contributed by atoms with Crippen LogP contribution in [0.4, 0.5) is 0 Å². The van der Waals surface area contributed by atoms with Gasteiger partial charge in [0.1, 0.15) is 5.69 Å². The quantitative estimate of drug-likeness (QED) is 0.278. The van der Waals surface area contributed by atoms with E-state index in [-0.39, 0.29) is 35.2 Å². The summed E-state index contributed by atoms with van der Waals surface area (Å²) >= 11 is 0. The Morgan fingerprint density at radius 1 is 0.811 bits per heavy atom. The number of nitrogens with one attached hydrogen (secondary N) is 3. The maximum atomic E-state index is 12.8. The van der Waals surface area contributed by atoms with Gasteiger partial charge in [-0.2, -0.15) is 0 Å². The molecule has 3 rings (SSSR count). The van der Waals surface area contributed by atoms with Gasteiger partial charge in [-0.1, -0.05) is 42.5 Å². The fraction of sp³-hybridized carbons (Fsp3) is 0.231. The highest BCUT2D eigenvalue weighted by atomic mass is 32.2. The van der Waals surface area contributed by atoms with Crippen molar-refractivity contribution in [2.45, 2.75) is 24.2 Å². The molecule has 0 aliphatic heterocycles. The Morgan fingerprint density at radius 2 is 1.57 bits per heavy atom. The number of benzene rings is 2. The molecule has 11 heteroatoms. The Hall–Kier alpha value is -4.09. The Morgan fingerprint density at radius 3 is 2.27 bits per heavy atom. The minimum atomic E-state index is -4.17. The van der Waals surface area contributed by atoms with Crippen LogP contribution in [0.25, 0.3) is 0 Å². The average molecular weight is 525 g/mol. The van der Waals surface area contributed by atoms with Gasteiger partial charge >= 0.3 is 0 Å². The topological polar surface area (TPSA) is 155 Å². The molecule has 0 radical (unpaired) electrons. The first kappa shape index (κ1) is 27.5. The molecule has 0 aliphatic carbocycles. The third-order valence-electron chi connectivity index (χ3n) is 5.31. The fourth-order valence-corrected chi connectivity index (χ4v) is 4.41. The molecule has 2 aromatic carbocycles. The number of carbonyl (C=O) groups is 3. The summed E-state index contributed by atoms with van der Waals surface area (Å²) in [6.07, 6.45) is 2.50. The zero-order valence-electron chi connectivity index (χ0n) is 20.0. The summed E-state index contributed by atoms with van der Waals surface area (Å²) in [7, 11) is -4.17. The van der Waals surface area contributed by atoms with E-state index in [9.17, 15) is 22.8 Å². The zero-order chi connectivity index (χ0) is 26.7. The maximum absolute atomic E-state index is 12.8. The third kappa shape index (κ3) is 8.51. The van der Waals surface area contributed by atoms with Gasteiger partial charge in [-0.25, -0.2) is 13.1 Å². The van der Waals surface area contributed by atoms with Crippen molar-refractivity contribution in [1.82, 2.24) is 20.3 Å². The van der Waals surface area contributed by atoms with Gasteiger partial charge in [0.05, 0.1) is 17.1 Å². The van der Waals surface area contributed by atoms with E-state index in [1.807, 2.05) is 35.1 Å². The Balaban J connectivity index is 1.53. The van der Waals surface area contributed by atoms with Crippen LogP contribution in [0.1, 0.15) is 38.4 Å². The molecule has 0 bridgehead atoms. The van der Waals surface area contributed by atoms with Crippen molar-refractivity contribution in [2.75, 3.05) is 19.7 Å². The number of nitrogens with zero attached hydrogens (tertiary/aromatic N) is 1. The van der Waals surface area contributed by atoms with E-state index in [1.54, 1.807) is 12.1 Å². The van der Waals surface area contributed by atoms with Gasteiger partial charge in [0.25, 0.3) is 21.8 Å². The number of sulfonamides is 1. The molecule has 10 nitrogen and oxygen atoms in total. The molecule has 3 amide bonds. The fourth-order valence-electron chi connectivity index (χ4n) is 3.37.